The Morgan fingerprint density at radius 1 is 1.17 bits per heavy atom. The van der Waals surface area contributed by atoms with E-state index >= 15 is 0 Å². The van der Waals surface area contributed by atoms with Crippen LogP contribution in [0.15, 0.2) is 48.7 Å². The first kappa shape index (κ1) is 16.4. The fourth-order valence-electron chi connectivity index (χ4n) is 2.80. The Morgan fingerprint density at radius 3 is 2.58 bits per heavy atom. The van der Waals surface area contributed by atoms with Crippen LogP contribution >= 0.6 is 11.6 Å². The lowest BCUT2D eigenvalue weighted by molar-refractivity contribution is -0.139. The summed E-state index contributed by atoms with van der Waals surface area (Å²) in [6, 6.07) is 13.9. The zero-order chi connectivity index (χ0) is 17.1. The SMILES string of the molecule is COC(=O)Cc1cn(Cc2ccccc2)c2cc(Cl)c(OC)cc12. The van der Waals surface area contributed by atoms with Crippen molar-refractivity contribution in [3.63, 3.8) is 0 Å². The number of aromatic nitrogens is 1. The van der Waals surface area contributed by atoms with E-state index < -0.39 is 0 Å². The fraction of sp³-hybridized carbons (Fsp3) is 0.211. The lowest BCUT2D eigenvalue weighted by atomic mass is 10.1. The quantitative estimate of drug-likeness (QED) is 0.656. The molecule has 24 heavy (non-hydrogen) atoms. The first-order valence-corrected chi connectivity index (χ1v) is 7.96. The molecule has 0 spiro atoms. The number of benzene rings is 2. The molecule has 2 aromatic carbocycles. The van der Waals surface area contributed by atoms with E-state index in [1.165, 1.54) is 12.7 Å². The molecule has 4 nitrogen and oxygen atoms in total. The lowest BCUT2D eigenvalue weighted by Gasteiger charge is -2.08. The standard InChI is InChI=1S/C19H18ClNO3/c1-23-18-9-15-14(8-19(22)24-2)12-21(17(15)10-16(18)20)11-13-6-4-3-5-7-13/h3-7,9-10,12H,8,11H2,1-2H3. The molecule has 0 aliphatic heterocycles. The van der Waals surface area contributed by atoms with E-state index in [-0.39, 0.29) is 12.4 Å². The van der Waals surface area contributed by atoms with E-state index in [4.69, 9.17) is 21.1 Å². The molecular formula is C19H18ClNO3. The van der Waals surface area contributed by atoms with Gasteiger partial charge < -0.3 is 14.0 Å². The maximum Gasteiger partial charge on any atom is 0.310 e. The number of esters is 1. The number of rotatable bonds is 5. The molecule has 0 aliphatic rings. The minimum atomic E-state index is -0.275. The third kappa shape index (κ3) is 3.24. The maximum absolute atomic E-state index is 11.7. The number of carbonyl (C=O) groups excluding carboxylic acids is 1. The van der Waals surface area contributed by atoms with Gasteiger partial charge >= 0.3 is 5.97 Å². The molecule has 0 saturated carbocycles. The first-order chi connectivity index (χ1) is 11.6. The smallest absolute Gasteiger partial charge is 0.310 e. The Hall–Kier alpha value is -2.46. The normalized spacial score (nSPS) is 10.8. The molecule has 0 unspecified atom stereocenters. The van der Waals surface area contributed by atoms with Crippen molar-refractivity contribution in [2.24, 2.45) is 0 Å². The second kappa shape index (κ2) is 6.97. The van der Waals surface area contributed by atoms with Crippen molar-refractivity contribution in [3.8, 4) is 5.75 Å². The number of methoxy groups -OCH3 is 2. The van der Waals surface area contributed by atoms with E-state index in [0.717, 1.165) is 16.5 Å². The zero-order valence-corrected chi connectivity index (χ0v) is 14.3. The number of fused-ring (bicyclic) bond motifs is 1. The molecule has 0 fully saturated rings. The summed E-state index contributed by atoms with van der Waals surface area (Å²) < 4.78 is 12.2. The van der Waals surface area contributed by atoms with Crippen LogP contribution in [-0.4, -0.2) is 24.8 Å². The van der Waals surface area contributed by atoms with Crippen molar-refractivity contribution >= 4 is 28.5 Å². The van der Waals surface area contributed by atoms with Gasteiger partial charge in [-0.15, -0.1) is 0 Å². The van der Waals surface area contributed by atoms with Crippen molar-refractivity contribution in [2.45, 2.75) is 13.0 Å². The number of hydrogen-bond donors (Lipinski definition) is 0. The molecule has 124 valence electrons. The van der Waals surface area contributed by atoms with Gasteiger partial charge in [0.05, 0.1) is 31.2 Å². The maximum atomic E-state index is 11.7. The van der Waals surface area contributed by atoms with Gasteiger partial charge in [0, 0.05) is 18.1 Å². The van der Waals surface area contributed by atoms with Crippen molar-refractivity contribution in [3.05, 3.63) is 64.8 Å². The van der Waals surface area contributed by atoms with E-state index in [1.54, 1.807) is 7.11 Å². The number of halogens is 1. The summed E-state index contributed by atoms with van der Waals surface area (Å²) in [6.45, 7) is 0.696. The molecular weight excluding hydrogens is 326 g/mol. The average Bonchev–Trinajstić information content (AvgIpc) is 2.91. The van der Waals surface area contributed by atoms with Crippen molar-refractivity contribution < 1.29 is 14.3 Å². The molecule has 0 aliphatic carbocycles. The number of hydrogen-bond acceptors (Lipinski definition) is 3. The number of ether oxygens (including phenoxy) is 2. The van der Waals surface area contributed by atoms with Crippen LogP contribution in [0.4, 0.5) is 0 Å². The van der Waals surface area contributed by atoms with Gasteiger partial charge in [0.25, 0.3) is 0 Å². The summed E-state index contributed by atoms with van der Waals surface area (Å²) in [5.74, 6) is 0.315. The summed E-state index contributed by atoms with van der Waals surface area (Å²) in [4.78, 5) is 11.7. The van der Waals surface area contributed by atoms with Crippen LogP contribution in [-0.2, 0) is 22.5 Å². The fourth-order valence-corrected chi connectivity index (χ4v) is 3.04. The second-order valence-corrected chi connectivity index (χ2v) is 5.93. The van der Waals surface area contributed by atoms with Crippen LogP contribution in [0.2, 0.25) is 5.02 Å². The Bertz CT molecular complexity index is 871. The Morgan fingerprint density at radius 2 is 1.92 bits per heavy atom. The largest absolute Gasteiger partial charge is 0.495 e. The Kier molecular flexibility index (Phi) is 4.76. The van der Waals surface area contributed by atoms with Gasteiger partial charge in [0.15, 0.2) is 0 Å². The molecule has 3 aromatic rings. The molecule has 1 heterocycles. The van der Waals surface area contributed by atoms with Gasteiger partial charge in [-0.3, -0.25) is 4.79 Å². The van der Waals surface area contributed by atoms with Crippen LogP contribution in [0.25, 0.3) is 10.9 Å². The molecule has 3 rings (SSSR count). The third-order valence-electron chi connectivity index (χ3n) is 4.00. The highest BCUT2D eigenvalue weighted by Gasteiger charge is 2.15. The minimum absolute atomic E-state index is 0.208. The predicted octanol–water partition coefficient (Wildman–Crippen LogP) is 4.07. The average molecular weight is 344 g/mol. The van der Waals surface area contributed by atoms with E-state index in [9.17, 15) is 4.79 Å². The monoisotopic (exact) mass is 343 g/mol. The van der Waals surface area contributed by atoms with Crippen LogP contribution in [0.5, 0.6) is 5.75 Å². The van der Waals surface area contributed by atoms with Gasteiger partial charge in [0.2, 0.25) is 0 Å². The second-order valence-electron chi connectivity index (χ2n) is 5.52. The zero-order valence-electron chi connectivity index (χ0n) is 13.6. The molecule has 0 amide bonds. The summed E-state index contributed by atoms with van der Waals surface area (Å²) in [5.41, 5.74) is 3.03. The van der Waals surface area contributed by atoms with E-state index in [2.05, 4.69) is 16.7 Å². The molecule has 0 bridgehead atoms. The van der Waals surface area contributed by atoms with E-state index in [0.29, 0.717) is 17.3 Å². The summed E-state index contributed by atoms with van der Waals surface area (Å²) >= 11 is 6.29. The van der Waals surface area contributed by atoms with Crippen molar-refractivity contribution in [1.29, 1.82) is 0 Å². The Labute approximate surface area is 145 Å². The van der Waals surface area contributed by atoms with Crippen molar-refractivity contribution in [2.75, 3.05) is 14.2 Å². The molecule has 1 aromatic heterocycles. The van der Waals surface area contributed by atoms with Crippen LogP contribution in [0.1, 0.15) is 11.1 Å². The minimum Gasteiger partial charge on any atom is -0.495 e. The first-order valence-electron chi connectivity index (χ1n) is 7.58. The highest BCUT2D eigenvalue weighted by atomic mass is 35.5. The van der Waals surface area contributed by atoms with Crippen LogP contribution in [0, 0.1) is 0 Å². The van der Waals surface area contributed by atoms with Gasteiger partial charge in [-0.1, -0.05) is 41.9 Å². The van der Waals surface area contributed by atoms with Gasteiger partial charge in [-0.05, 0) is 23.3 Å². The van der Waals surface area contributed by atoms with Gasteiger partial charge in [-0.2, -0.15) is 0 Å². The third-order valence-corrected chi connectivity index (χ3v) is 4.29. The molecule has 5 heteroatoms. The Balaban J connectivity index is 2.11. The molecule has 0 N–H and O–H groups in total. The lowest BCUT2D eigenvalue weighted by Crippen LogP contribution is -2.04. The molecule has 0 saturated heterocycles. The van der Waals surface area contributed by atoms with Crippen molar-refractivity contribution in [1.82, 2.24) is 4.57 Å². The topological polar surface area (TPSA) is 40.5 Å². The number of nitrogens with zero attached hydrogens (tertiary/aromatic N) is 1. The van der Waals surface area contributed by atoms with Gasteiger partial charge in [-0.25, -0.2) is 0 Å². The summed E-state index contributed by atoms with van der Waals surface area (Å²) in [6.07, 6.45) is 2.18. The van der Waals surface area contributed by atoms with Crippen LogP contribution in [0.3, 0.4) is 0 Å². The highest BCUT2D eigenvalue weighted by Crippen LogP contribution is 2.33. The molecule has 0 atom stereocenters. The van der Waals surface area contributed by atoms with Crippen LogP contribution < -0.4 is 4.74 Å². The summed E-state index contributed by atoms with van der Waals surface area (Å²) in [7, 11) is 2.97. The predicted molar refractivity (Wildman–Crippen MR) is 94.8 cm³/mol. The highest BCUT2D eigenvalue weighted by molar-refractivity contribution is 6.32. The summed E-state index contributed by atoms with van der Waals surface area (Å²) in [5, 5.41) is 1.49. The molecule has 0 radical (unpaired) electrons. The van der Waals surface area contributed by atoms with Gasteiger partial charge in [0.1, 0.15) is 5.75 Å². The van der Waals surface area contributed by atoms with E-state index in [1.807, 2.05) is 36.5 Å². The number of carbonyl (C=O) groups is 1.